The fourth-order valence-electron chi connectivity index (χ4n) is 2.45. The van der Waals surface area contributed by atoms with E-state index >= 15 is 0 Å². The average molecular weight is 374 g/mol. The van der Waals surface area contributed by atoms with E-state index in [1.54, 1.807) is 36.0 Å². The lowest BCUT2D eigenvalue weighted by Crippen LogP contribution is -2.40. The summed E-state index contributed by atoms with van der Waals surface area (Å²) in [4.78, 5) is 26.2. The first-order valence-corrected chi connectivity index (χ1v) is 9.81. The van der Waals surface area contributed by atoms with E-state index in [4.69, 9.17) is 0 Å². The Kier molecular flexibility index (Phi) is 7.66. The maximum Gasteiger partial charge on any atom is 0.254 e. The summed E-state index contributed by atoms with van der Waals surface area (Å²) in [5.74, 6) is 0.174. The molecule has 0 aliphatic carbocycles. The molecule has 2 amide bonds. The van der Waals surface area contributed by atoms with Gasteiger partial charge in [0.25, 0.3) is 5.91 Å². The number of carbonyl (C=O) groups is 2. The minimum absolute atomic E-state index is 0.0108. The van der Waals surface area contributed by atoms with Crippen molar-refractivity contribution in [3.8, 4) is 0 Å². The van der Waals surface area contributed by atoms with Crippen LogP contribution in [0.2, 0.25) is 0 Å². The summed E-state index contributed by atoms with van der Waals surface area (Å²) in [5, 5.41) is 2.76. The topological polar surface area (TPSA) is 49.4 Å². The van der Waals surface area contributed by atoms with E-state index < -0.39 is 0 Å². The van der Waals surface area contributed by atoms with Crippen molar-refractivity contribution in [2.75, 3.05) is 19.3 Å². The number of carbonyl (C=O) groups excluding carboxylic acids is 2. The maximum absolute atomic E-state index is 12.9. The van der Waals surface area contributed by atoms with Crippen molar-refractivity contribution in [3.63, 3.8) is 0 Å². The van der Waals surface area contributed by atoms with E-state index in [0.717, 1.165) is 16.9 Å². The Morgan fingerprint density at radius 3 is 2.23 bits per heavy atom. The first-order valence-electron chi connectivity index (χ1n) is 8.41. The van der Waals surface area contributed by atoms with Crippen molar-refractivity contribution in [1.82, 2.24) is 10.2 Å². The fraction of sp³-hybridized carbons (Fsp3) is 0.300. The normalized spacial score (nSPS) is 10.4. The fourth-order valence-corrected chi connectivity index (χ4v) is 2.98. The predicted octanol–water partition coefficient (Wildman–Crippen LogP) is 3.47. The Labute approximate surface area is 157 Å². The van der Waals surface area contributed by atoms with Crippen LogP contribution in [0.15, 0.2) is 48.5 Å². The summed E-state index contributed by atoms with van der Waals surface area (Å²) in [6.07, 6.45) is 2.03. The van der Waals surface area contributed by atoms with Gasteiger partial charge in [-0.05, 0) is 48.6 Å². The Bertz CT molecular complexity index is 732. The number of thioether (sulfide) groups is 1. The minimum Gasteiger partial charge on any atom is -0.350 e. The molecule has 2 rings (SSSR count). The minimum atomic E-state index is -0.314. The quantitative estimate of drug-likeness (QED) is 0.770. The molecule has 1 N–H and O–H groups in total. The number of rotatable bonds is 8. The SMILES string of the molecule is CCN(CC(=O)NCc1ccc(F)cc1)C(=O)c1ccc(CSC)cc1. The molecule has 0 saturated carbocycles. The van der Waals surface area contributed by atoms with Crippen LogP contribution in [0.3, 0.4) is 0 Å². The predicted molar refractivity (Wildman–Crippen MR) is 103 cm³/mol. The van der Waals surface area contributed by atoms with Crippen LogP contribution in [0.25, 0.3) is 0 Å². The molecule has 0 fully saturated rings. The van der Waals surface area contributed by atoms with Gasteiger partial charge in [-0.15, -0.1) is 0 Å². The lowest BCUT2D eigenvalue weighted by Gasteiger charge is -2.20. The maximum atomic E-state index is 12.9. The molecular formula is C20H23FN2O2S. The van der Waals surface area contributed by atoms with Crippen LogP contribution >= 0.6 is 11.8 Å². The van der Waals surface area contributed by atoms with Crippen molar-refractivity contribution in [2.45, 2.75) is 19.2 Å². The number of hydrogen-bond donors (Lipinski definition) is 1. The number of likely N-dealkylation sites (N-methyl/N-ethyl adjacent to an activating group) is 1. The Balaban J connectivity index is 1.91. The van der Waals surface area contributed by atoms with Crippen LogP contribution in [0.1, 0.15) is 28.4 Å². The molecule has 0 radical (unpaired) electrons. The van der Waals surface area contributed by atoms with E-state index in [9.17, 15) is 14.0 Å². The molecule has 0 aromatic heterocycles. The third-order valence-corrected chi connectivity index (χ3v) is 4.54. The molecule has 0 saturated heterocycles. The highest BCUT2D eigenvalue weighted by Gasteiger charge is 2.17. The van der Waals surface area contributed by atoms with Crippen LogP contribution in [0.4, 0.5) is 4.39 Å². The highest BCUT2D eigenvalue weighted by atomic mass is 32.2. The van der Waals surface area contributed by atoms with Crippen LogP contribution in [0.5, 0.6) is 0 Å². The first-order chi connectivity index (χ1) is 12.5. The van der Waals surface area contributed by atoms with Crippen LogP contribution < -0.4 is 5.32 Å². The molecule has 0 atom stereocenters. The second-order valence-corrected chi connectivity index (χ2v) is 6.72. The van der Waals surface area contributed by atoms with Gasteiger partial charge in [-0.2, -0.15) is 11.8 Å². The molecule has 0 aliphatic heterocycles. The zero-order valence-electron chi connectivity index (χ0n) is 15.0. The number of amides is 2. The van der Waals surface area contributed by atoms with E-state index in [2.05, 4.69) is 5.32 Å². The summed E-state index contributed by atoms with van der Waals surface area (Å²) in [5.41, 5.74) is 2.54. The van der Waals surface area contributed by atoms with E-state index in [0.29, 0.717) is 18.7 Å². The van der Waals surface area contributed by atoms with Crippen molar-refractivity contribution in [3.05, 3.63) is 71.0 Å². The summed E-state index contributed by atoms with van der Waals surface area (Å²) in [7, 11) is 0. The van der Waals surface area contributed by atoms with Gasteiger partial charge >= 0.3 is 0 Å². The van der Waals surface area contributed by atoms with Gasteiger partial charge in [-0.3, -0.25) is 9.59 Å². The molecule has 6 heteroatoms. The van der Waals surface area contributed by atoms with Gasteiger partial charge in [-0.25, -0.2) is 4.39 Å². The van der Waals surface area contributed by atoms with Crippen molar-refractivity contribution in [2.24, 2.45) is 0 Å². The summed E-state index contributed by atoms with van der Waals surface area (Å²) < 4.78 is 12.9. The number of nitrogens with zero attached hydrogens (tertiary/aromatic N) is 1. The number of halogens is 1. The Morgan fingerprint density at radius 2 is 1.65 bits per heavy atom. The molecule has 2 aromatic rings. The lowest BCUT2D eigenvalue weighted by molar-refractivity contribution is -0.121. The highest BCUT2D eigenvalue weighted by molar-refractivity contribution is 7.97. The number of nitrogens with one attached hydrogen (secondary N) is 1. The van der Waals surface area contributed by atoms with Gasteiger partial charge in [0.1, 0.15) is 5.82 Å². The Morgan fingerprint density at radius 1 is 1.04 bits per heavy atom. The van der Waals surface area contributed by atoms with E-state index in [-0.39, 0.29) is 24.2 Å². The second kappa shape index (κ2) is 9.97. The standard InChI is InChI=1S/C20H23FN2O2S/c1-3-23(20(25)17-8-4-16(5-9-17)14-26-2)13-19(24)22-12-15-6-10-18(21)11-7-15/h4-11H,3,12-14H2,1-2H3,(H,22,24). The van der Waals surface area contributed by atoms with Crippen molar-refractivity contribution < 1.29 is 14.0 Å². The largest absolute Gasteiger partial charge is 0.350 e. The van der Waals surface area contributed by atoms with E-state index in [1.807, 2.05) is 25.3 Å². The molecule has 138 valence electrons. The number of benzene rings is 2. The zero-order chi connectivity index (χ0) is 18.9. The van der Waals surface area contributed by atoms with Gasteiger partial charge in [0.2, 0.25) is 5.91 Å². The second-order valence-electron chi connectivity index (χ2n) is 5.85. The summed E-state index contributed by atoms with van der Waals surface area (Å²) in [6.45, 7) is 2.57. The number of hydrogen-bond acceptors (Lipinski definition) is 3. The first kappa shape index (κ1) is 20.0. The average Bonchev–Trinajstić information content (AvgIpc) is 2.66. The molecule has 0 heterocycles. The summed E-state index contributed by atoms with van der Waals surface area (Å²) in [6, 6.07) is 13.4. The highest BCUT2D eigenvalue weighted by Crippen LogP contribution is 2.12. The van der Waals surface area contributed by atoms with E-state index in [1.165, 1.54) is 17.0 Å². The van der Waals surface area contributed by atoms with Gasteiger partial charge in [0.05, 0.1) is 6.54 Å². The molecule has 0 bridgehead atoms. The van der Waals surface area contributed by atoms with Crippen LogP contribution in [0, 0.1) is 5.82 Å². The van der Waals surface area contributed by atoms with Crippen molar-refractivity contribution >= 4 is 23.6 Å². The lowest BCUT2D eigenvalue weighted by atomic mass is 10.1. The third kappa shape index (κ3) is 5.88. The molecule has 26 heavy (non-hydrogen) atoms. The summed E-state index contributed by atoms with van der Waals surface area (Å²) >= 11 is 1.72. The molecular weight excluding hydrogens is 351 g/mol. The molecule has 2 aromatic carbocycles. The van der Waals surface area contributed by atoms with Crippen molar-refractivity contribution in [1.29, 1.82) is 0 Å². The Hall–Kier alpha value is -2.34. The third-order valence-electron chi connectivity index (χ3n) is 3.92. The molecule has 0 aliphatic rings. The zero-order valence-corrected chi connectivity index (χ0v) is 15.8. The van der Waals surface area contributed by atoms with Crippen LogP contribution in [-0.4, -0.2) is 36.1 Å². The smallest absolute Gasteiger partial charge is 0.254 e. The van der Waals surface area contributed by atoms with Crippen LogP contribution in [-0.2, 0) is 17.1 Å². The molecule has 4 nitrogen and oxygen atoms in total. The van der Waals surface area contributed by atoms with Gasteiger partial charge in [-0.1, -0.05) is 24.3 Å². The molecule has 0 spiro atoms. The van der Waals surface area contributed by atoms with Gasteiger partial charge in [0, 0.05) is 24.4 Å². The monoisotopic (exact) mass is 374 g/mol. The van der Waals surface area contributed by atoms with Gasteiger partial charge < -0.3 is 10.2 Å². The van der Waals surface area contributed by atoms with Gasteiger partial charge in [0.15, 0.2) is 0 Å². The molecule has 0 unspecified atom stereocenters.